The lowest BCUT2D eigenvalue weighted by Crippen LogP contribution is -2.10. The molecule has 0 saturated heterocycles. The van der Waals surface area contributed by atoms with E-state index in [2.05, 4.69) is 205 Å². The number of fused-ring (bicyclic) bond motifs is 4. The largest absolute Gasteiger partial charge is 0.454 e. The summed E-state index contributed by atoms with van der Waals surface area (Å²) in [6.45, 7) is 0. The third kappa shape index (κ3) is 5.62. The molecular formula is C52H35NO. The van der Waals surface area contributed by atoms with Gasteiger partial charge in [0.25, 0.3) is 0 Å². The molecule has 0 bridgehead atoms. The van der Waals surface area contributed by atoms with E-state index in [9.17, 15) is 0 Å². The highest BCUT2D eigenvalue weighted by molar-refractivity contribution is 6.10. The van der Waals surface area contributed by atoms with Gasteiger partial charge in [0.15, 0.2) is 5.58 Å². The zero-order chi connectivity index (χ0) is 35.8. The predicted molar refractivity (Wildman–Crippen MR) is 228 cm³/mol. The van der Waals surface area contributed by atoms with Crippen molar-refractivity contribution in [2.75, 3.05) is 4.90 Å². The van der Waals surface area contributed by atoms with Gasteiger partial charge in [0, 0.05) is 22.1 Å². The number of benzene rings is 9. The fraction of sp³-hybridized carbons (Fsp3) is 0. The summed E-state index contributed by atoms with van der Waals surface area (Å²) in [4.78, 5) is 2.34. The second kappa shape index (κ2) is 13.4. The van der Waals surface area contributed by atoms with E-state index in [1.165, 1.54) is 49.7 Å². The molecular weight excluding hydrogens is 655 g/mol. The van der Waals surface area contributed by atoms with Gasteiger partial charge in [-0.25, -0.2) is 0 Å². The Hall–Kier alpha value is -7.16. The van der Waals surface area contributed by atoms with Crippen LogP contribution in [0.4, 0.5) is 17.1 Å². The molecule has 1 heterocycles. The van der Waals surface area contributed by atoms with Gasteiger partial charge in [-0.1, -0.05) is 170 Å². The van der Waals surface area contributed by atoms with Crippen molar-refractivity contribution in [3.05, 3.63) is 212 Å². The molecule has 9 aromatic carbocycles. The Balaban J connectivity index is 1.13. The van der Waals surface area contributed by atoms with Gasteiger partial charge < -0.3 is 9.32 Å². The highest BCUT2D eigenvalue weighted by Gasteiger charge is 2.21. The van der Waals surface area contributed by atoms with Gasteiger partial charge in [-0.15, -0.1) is 0 Å². The van der Waals surface area contributed by atoms with Gasteiger partial charge in [-0.2, -0.15) is 0 Å². The van der Waals surface area contributed by atoms with Crippen LogP contribution in [-0.4, -0.2) is 0 Å². The van der Waals surface area contributed by atoms with E-state index in [0.717, 1.165) is 44.6 Å². The summed E-state index contributed by atoms with van der Waals surface area (Å²) in [5.41, 5.74) is 14.3. The lowest BCUT2D eigenvalue weighted by Gasteiger charge is -2.27. The van der Waals surface area contributed by atoms with E-state index in [4.69, 9.17) is 4.42 Å². The van der Waals surface area contributed by atoms with Gasteiger partial charge >= 0.3 is 0 Å². The minimum Gasteiger partial charge on any atom is -0.454 e. The SMILES string of the molecule is c1ccc(-c2ccc(N(c3ccc(-c4cccc(-c5cccc6ccccc56)c4)cc3)c3cccc4c3oc3ccccc34)cc2-c2ccccc2)cc1. The number of furan rings is 1. The van der Waals surface area contributed by atoms with Crippen LogP contribution in [0.3, 0.4) is 0 Å². The van der Waals surface area contributed by atoms with Crippen LogP contribution in [0.1, 0.15) is 0 Å². The van der Waals surface area contributed by atoms with Crippen LogP contribution in [-0.2, 0) is 0 Å². The molecule has 0 saturated carbocycles. The smallest absolute Gasteiger partial charge is 0.159 e. The summed E-state index contributed by atoms with van der Waals surface area (Å²) >= 11 is 0. The van der Waals surface area contributed by atoms with E-state index in [-0.39, 0.29) is 0 Å². The van der Waals surface area contributed by atoms with Crippen LogP contribution >= 0.6 is 0 Å². The van der Waals surface area contributed by atoms with Crippen molar-refractivity contribution in [2.24, 2.45) is 0 Å². The van der Waals surface area contributed by atoms with Crippen molar-refractivity contribution < 1.29 is 4.42 Å². The second-order valence-electron chi connectivity index (χ2n) is 13.7. The van der Waals surface area contributed by atoms with Crippen LogP contribution in [0.15, 0.2) is 217 Å². The number of rotatable bonds is 7. The Morgan fingerprint density at radius 3 is 1.72 bits per heavy atom. The average Bonchev–Trinajstić information content (AvgIpc) is 3.64. The molecule has 0 amide bonds. The maximum atomic E-state index is 6.65. The van der Waals surface area contributed by atoms with Gasteiger partial charge in [0.2, 0.25) is 0 Å². The molecule has 254 valence electrons. The second-order valence-corrected chi connectivity index (χ2v) is 13.7. The van der Waals surface area contributed by atoms with E-state index in [1.54, 1.807) is 0 Å². The zero-order valence-electron chi connectivity index (χ0n) is 29.6. The first-order valence-corrected chi connectivity index (χ1v) is 18.4. The number of hydrogen-bond donors (Lipinski definition) is 0. The summed E-state index contributed by atoms with van der Waals surface area (Å²) in [5, 5.41) is 4.71. The normalized spacial score (nSPS) is 11.3. The van der Waals surface area contributed by atoms with Crippen molar-refractivity contribution in [3.8, 4) is 44.5 Å². The fourth-order valence-electron chi connectivity index (χ4n) is 7.88. The summed E-state index contributed by atoms with van der Waals surface area (Å²) < 4.78 is 6.65. The van der Waals surface area contributed by atoms with E-state index >= 15 is 0 Å². The molecule has 0 N–H and O–H groups in total. The minimum absolute atomic E-state index is 0.860. The van der Waals surface area contributed by atoms with Crippen LogP contribution in [0.25, 0.3) is 77.2 Å². The summed E-state index contributed by atoms with van der Waals surface area (Å²) in [6, 6.07) is 75.8. The molecule has 0 spiro atoms. The molecule has 0 fully saturated rings. The number of anilines is 3. The van der Waals surface area contributed by atoms with E-state index in [1.807, 2.05) is 12.1 Å². The van der Waals surface area contributed by atoms with Gasteiger partial charge in [-0.3, -0.25) is 0 Å². The standard InChI is InChI=1S/C52H35NO/c1-3-14-37(15-4-1)46-33-32-43(35-49(46)39-16-5-2-6-17-39)53(50-26-13-25-48-47-23-9-10-27-51(47)54-52(48)50)42-30-28-36(29-31-42)40-20-11-21-41(34-40)45-24-12-19-38-18-7-8-22-44(38)45/h1-35H. The summed E-state index contributed by atoms with van der Waals surface area (Å²) in [7, 11) is 0. The highest BCUT2D eigenvalue weighted by atomic mass is 16.3. The topological polar surface area (TPSA) is 16.4 Å². The Labute approximate surface area is 314 Å². The minimum atomic E-state index is 0.860. The van der Waals surface area contributed by atoms with Crippen molar-refractivity contribution in [1.82, 2.24) is 0 Å². The summed E-state index contributed by atoms with van der Waals surface area (Å²) in [5.74, 6) is 0. The molecule has 54 heavy (non-hydrogen) atoms. The number of para-hydroxylation sites is 2. The van der Waals surface area contributed by atoms with Crippen molar-refractivity contribution in [1.29, 1.82) is 0 Å². The lowest BCUT2D eigenvalue weighted by molar-refractivity contribution is 0.669. The monoisotopic (exact) mass is 689 g/mol. The third-order valence-corrected chi connectivity index (χ3v) is 10.5. The maximum Gasteiger partial charge on any atom is 0.159 e. The maximum absolute atomic E-state index is 6.65. The molecule has 0 aliphatic rings. The van der Waals surface area contributed by atoms with E-state index in [0.29, 0.717) is 0 Å². The molecule has 0 aliphatic carbocycles. The Morgan fingerprint density at radius 2 is 0.907 bits per heavy atom. The highest BCUT2D eigenvalue weighted by Crippen LogP contribution is 2.45. The molecule has 10 rings (SSSR count). The molecule has 0 radical (unpaired) electrons. The van der Waals surface area contributed by atoms with Gasteiger partial charge in [-0.05, 0) is 97.7 Å². The van der Waals surface area contributed by atoms with Crippen LogP contribution < -0.4 is 4.90 Å². The van der Waals surface area contributed by atoms with Crippen molar-refractivity contribution >= 4 is 49.8 Å². The average molecular weight is 690 g/mol. The first-order chi connectivity index (χ1) is 26.8. The molecule has 2 heteroatoms. The number of nitrogens with zero attached hydrogens (tertiary/aromatic N) is 1. The molecule has 0 unspecified atom stereocenters. The fourth-order valence-corrected chi connectivity index (χ4v) is 7.88. The summed E-state index contributed by atoms with van der Waals surface area (Å²) in [6.07, 6.45) is 0. The molecule has 1 aromatic heterocycles. The molecule has 10 aromatic rings. The van der Waals surface area contributed by atoms with Gasteiger partial charge in [0.1, 0.15) is 5.58 Å². The Morgan fingerprint density at radius 1 is 0.315 bits per heavy atom. The first-order valence-electron chi connectivity index (χ1n) is 18.4. The number of hydrogen-bond acceptors (Lipinski definition) is 2. The van der Waals surface area contributed by atoms with Crippen LogP contribution in [0.5, 0.6) is 0 Å². The third-order valence-electron chi connectivity index (χ3n) is 10.5. The van der Waals surface area contributed by atoms with Crippen molar-refractivity contribution in [3.63, 3.8) is 0 Å². The molecule has 2 nitrogen and oxygen atoms in total. The predicted octanol–water partition coefficient (Wildman–Crippen LogP) is 14.9. The van der Waals surface area contributed by atoms with Crippen LogP contribution in [0.2, 0.25) is 0 Å². The quantitative estimate of drug-likeness (QED) is 0.166. The Bertz CT molecular complexity index is 2920. The molecule has 0 atom stereocenters. The molecule has 0 aliphatic heterocycles. The lowest BCUT2D eigenvalue weighted by atomic mass is 9.93. The zero-order valence-corrected chi connectivity index (χ0v) is 29.6. The first kappa shape index (κ1) is 31.6. The van der Waals surface area contributed by atoms with Crippen molar-refractivity contribution in [2.45, 2.75) is 0 Å². The van der Waals surface area contributed by atoms with Crippen LogP contribution in [0, 0.1) is 0 Å². The van der Waals surface area contributed by atoms with E-state index < -0.39 is 0 Å². The Kier molecular flexibility index (Phi) is 7.85. The van der Waals surface area contributed by atoms with Gasteiger partial charge in [0.05, 0.1) is 5.69 Å².